The molecule has 1 unspecified atom stereocenters. The van der Waals surface area contributed by atoms with Crippen LogP contribution in [0.15, 0.2) is 48.5 Å². The van der Waals surface area contributed by atoms with Crippen molar-refractivity contribution in [2.24, 2.45) is 5.84 Å². The highest BCUT2D eigenvalue weighted by Gasteiger charge is 2.17. The van der Waals surface area contributed by atoms with Crippen molar-refractivity contribution in [3.05, 3.63) is 65.5 Å². The van der Waals surface area contributed by atoms with E-state index in [1.165, 1.54) is 12.1 Å². The smallest absolute Gasteiger partial charge is 0.124 e. The number of nitrogens with one attached hydrogen (secondary N) is 1. The first-order chi connectivity index (χ1) is 9.76. The number of hydrogen-bond donors (Lipinski definition) is 2. The number of rotatable bonds is 6. The Balaban J connectivity index is 2.36. The molecule has 0 aromatic heterocycles. The second-order valence-corrected chi connectivity index (χ2v) is 4.54. The van der Waals surface area contributed by atoms with Gasteiger partial charge in [-0.1, -0.05) is 37.3 Å². The summed E-state index contributed by atoms with van der Waals surface area (Å²) in [7, 11) is 0. The average Bonchev–Trinajstić information content (AvgIpc) is 2.47. The zero-order valence-corrected chi connectivity index (χ0v) is 11.5. The Morgan fingerprint density at radius 3 is 2.70 bits per heavy atom. The van der Waals surface area contributed by atoms with Gasteiger partial charge in [0.2, 0.25) is 0 Å². The molecule has 106 valence electrons. The fraction of sp³-hybridized carbons (Fsp3) is 0.250. The molecule has 0 amide bonds. The Hall–Kier alpha value is -1.91. The van der Waals surface area contributed by atoms with Crippen molar-refractivity contribution in [3.8, 4) is 5.75 Å². The van der Waals surface area contributed by atoms with E-state index in [9.17, 15) is 4.39 Å². The SMILES string of the molecule is CCCOc1ccccc1C(NN)c1cccc(F)c1. The fourth-order valence-electron chi connectivity index (χ4n) is 2.11. The second kappa shape index (κ2) is 7.03. The number of hydrazine groups is 1. The standard InChI is InChI=1S/C16H19FN2O/c1-2-10-20-15-9-4-3-8-14(15)16(19-18)12-6-5-7-13(17)11-12/h3-9,11,16,19H,2,10,18H2,1H3. The van der Waals surface area contributed by atoms with Crippen molar-refractivity contribution < 1.29 is 9.13 Å². The van der Waals surface area contributed by atoms with Gasteiger partial charge in [-0.05, 0) is 30.2 Å². The summed E-state index contributed by atoms with van der Waals surface area (Å²) >= 11 is 0. The Labute approximate surface area is 118 Å². The first kappa shape index (κ1) is 14.5. The van der Waals surface area contributed by atoms with E-state index in [1.54, 1.807) is 6.07 Å². The molecule has 0 saturated carbocycles. The summed E-state index contributed by atoms with van der Waals surface area (Å²) in [4.78, 5) is 0. The summed E-state index contributed by atoms with van der Waals surface area (Å²) < 4.78 is 19.1. The molecule has 0 heterocycles. The zero-order chi connectivity index (χ0) is 14.4. The van der Waals surface area contributed by atoms with Crippen molar-refractivity contribution in [2.45, 2.75) is 19.4 Å². The predicted octanol–water partition coefficient (Wildman–Crippen LogP) is 3.17. The Bertz CT molecular complexity index is 560. The Kier molecular flexibility index (Phi) is 5.09. The topological polar surface area (TPSA) is 47.3 Å². The third-order valence-corrected chi connectivity index (χ3v) is 3.04. The quantitative estimate of drug-likeness (QED) is 0.628. The van der Waals surface area contributed by atoms with E-state index in [2.05, 4.69) is 5.43 Å². The maximum Gasteiger partial charge on any atom is 0.124 e. The number of halogens is 1. The van der Waals surface area contributed by atoms with Crippen LogP contribution in [0.4, 0.5) is 4.39 Å². The molecule has 0 radical (unpaired) electrons. The summed E-state index contributed by atoms with van der Waals surface area (Å²) in [6.07, 6.45) is 0.926. The van der Waals surface area contributed by atoms with Crippen molar-refractivity contribution in [3.63, 3.8) is 0 Å². The number of para-hydroxylation sites is 1. The lowest BCUT2D eigenvalue weighted by Gasteiger charge is -2.20. The molecule has 1 atom stereocenters. The Morgan fingerprint density at radius 1 is 1.20 bits per heavy atom. The van der Waals surface area contributed by atoms with E-state index >= 15 is 0 Å². The largest absolute Gasteiger partial charge is 0.493 e. The lowest BCUT2D eigenvalue weighted by Crippen LogP contribution is -2.29. The highest BCUT2D eigenvalue weighted by atomic mass is 19.1. The van der Waals surface area contributed by atoms with Gasteiger partial charge in [0.1, 0.15) is 11.6 Å². The monoisotopic (exact) mass is 274 g/mol. The lowest BCUT2D eigenvalue weighted by atomic mass is 9.98. The van der Waals surface area contributed by atoms with Gasteiger partial charge in [0, 0.05) is 5.56 Å². The number of hydrogen-bond acceptors (Lipinski definition) is 3. The lowest BCUT2D eigenvalue weighted by molar-refractivity contribution is 0.311. The molecule has 2 aromatic carbocycles. The third-order valence-electron chi connectivity index (χ3n) is 3.04. The maximum absolute atomic E-state index is 13.4. The molecule has 0 aliphatic heterocycles. The van der Waals surface area contributed by atoms with E-state index in [4.69, 9.17) is 10.6 Å². The first-order valence-electron chi connectivity index (χ1n) is 6.69. The van der Waals surface area contributed by atoms with Crippen LogP contribution in [0, 0.1) is 5.82 Å². The summed E-state index contributed by atoms with van der Waals surface area (Å²) in [5.41, 5.74) is 4.39. The van der Waals surface area contributed by atoms with E-state index in [-0.39, 0.29) is 11.9 Å². The molecule has 0 bridgehead atoms. The van der Waals surface area contributed by atoms with E-state index in [1.807, 2.05) is 37.3 Å². The van der Waals surface area contributed by atoms with Gasteiger partial charge in [0.05, 0.1) is 12.6 Å². The fourth-order valence-corrected chi connectivity index (χ4v) is 2.11. The van der Waals surface area contributed by atoms with Crippen LogP contribution < -0.4 is 16.0 Å². The first-order valence-corrected chi connectivity index (χ1v) is 6.69. The molecule has 0 saturated heterocycles. The van der Waals surface area contributed by atoms with E-state index < -0.39 is 0 Å². The molecule has 3 nitrogen and oxygen atoms in total. The molecule has 3 N–H and O–H groups in total. The van der Waals surface area contributed by atoms with Crippen LogP contribution >= 0.6 is 0 Å². The van der Waals surface area contributed by atoms with Crippen LogP contribution in [0.5, 0.6) is 5.75 Å². The van der Waals surface area contributed by atoms with E-state index in [0.717, 1.165) is 23.3 Å². The van der Waals surface area contributed by atoms with Gasteiger partial charge in [0.15, 0.2) is 0 Å². The molecular formula is C16H19FN2O. The molecule has 0 aliphatic rings. The number of ether oxygens (including phenoxy) is 1. The minimum atomic E-state index is -0.307. The van der Waals surface area contributed by atoms with Crippen LogP contribution in [0.1, 0.15) is 30.5 Å². The van der Waals surface area contributed by atoms with Crippen molar-refractivity contribution in [1.82, 2.24) is 5.43 Å². The molecular weight excluding hydrogens is 255 g/mol. The second-order valence-electron chi connectivity index (χ2n) is 4.54. The molecule has 2 aromatic rings. The van der Waals surface area contributed by atoms with Crippen LogP contribution in [-0.4, -0.2) is 6.61 Å². The van der Waals surface area contributed by atoms with Crippen molar-refractivity contribution in [1.29, 1.82) is 0 Å². The molecule has 20 heavy (non-hydrogen) atoms. The molecule has 4 heteroatoms. The minimum absolute atomic E-state index is 0.283. The minimum Gasteiger partial charge on any atom is -0.493 e. The van der Waals surface area contributed by atoms with Crippen LogP contribution in [0.3, 0.4) is 0 Å². The van der Waals surface area contributed by atoms with Gasteiger partial charge in [-0.3, -0.25) is 5.84 Å². The molecule has 0 fully saturated rings. The summed E-state index contributed by atoms with van der Waals surface area (Å²) in [5.74, 6) is 6.14. The Morgan fingerprint density at radius 2 is 2.00 bits per heavy atom. The van der Waals surface area contributed by atoms with Gasteiger partial charge >= 0.3 is 0 Å². The van der Waals surface area contributed by atoms with Crippen LogP contribution in [0.25, 0.3) is 0 Å². The molecule has 0 spiro atoms. The van der Waals surface area contributed by atoms with Crippen LogP contribution in [-0.2, 0) is 0 Å². The number of nitrogens with two attached hydrogens (primary N) is 1. The van der Waals surface area contributed by atoms with Gasteiger partial charge in [-0.15, -0.1) is 0 Å². The van der Waals surface area contributed by atoms with Gasteiger partial charge in [0.25, 0.3) is 0 Å². The highest BCUT2D eigenvalue weighted by molar-refractivity contribution is 5.41. The predicted molar refractivity (Wildman–Crippen MR) is 77.8 cm³/mol. The van der Waals surface area contributed by atoms with Crippen LogP contribution in [0.2, 0.25) is 0 Å². The van der Waals surface area contributed by atoms with E-state index in [0.29, 0.717) is 6.61 Å². The van der Waals surface area contributed by atoms with Crippen molar-refractivity contribution in [2.75, 3.05) is 6.61 Å². The normalized spacial score (nSPS) is 12.2. The van der Waals surface area contributed by atoms with Gasteiger partial charge in [-0.2, -0.15) is 0 Å². The summed E-state index contributed by atoms with van der Waals surface area (Å²) in [6, 6.07) is 13.7. The molecule has 0 aliphatic carbocycles. The summed E-state index contributed by atoms with van der Waals surface area (Å²) in [6.45, 7) is 2.69. The van der Waals surface area contributed by atoms with Crippen molar-refractivity contribution >= 4 is 0 Å². The highest BCUT2D eigenvalue weighted by Crippen LogP contribution is 2.29. The average molecular weight is 274 g/mol. The molecule has 2 rings (SSSR count). The third kappa shape index (κ3) is 3.35. The van der Waals surface area contributed by atoms with Gasteiger partial charge in [-0.25, -0.2) is 9.82 Å². The number of benzene rings is 2. The zero-order valence-electron chi connectivity index (χ0n) is 11.5. The summed E-state index contributed by atoms with van der Waals surface area (Å²) in [5, 5.41) is 0. The maximum atomic E-state index is 13.4. The van der Waals surface area contributed by atoms with Gasteiger partial charge < -0.3 is 4.74 Å².